The van der Waals surface area contributed by atoms with Crippen molar-refractivity contribution in [2.75, 3.05) is 25.4 Å². The standard InChI is InChI=1S/C11H20N2O6S/c14-10(12-5-6-20(16,17)18)7-13-11(15)19-8-9-3-1-2-4-9/h9H,1-8H2,(H,12,14)(H,13,15)(H,16,17,18). The lowest BCUT2D eigenvalue weighted by Crippen LogP contribution is -2.39. The minimum absolute atomic E-state index is 0.212. The maximum Gasteiger partial charge on any atom is 0.407 e. The molecule has 0 bridgehead atoms. The molecular formula is C11H20N2O6S. The average Bonchev–Trinajstić information content (AvgIpc) is 2.85. The zero-order valence-corrected chi connectivity index (χ0v) is 11.9. The molecule has 8 nitrogen and oxygen atoms in total. The molecule has 0 spiro atoms. The van der Waals surface area contributed by atoms with Gasteiger partial charge >= 0.3 is 6.09 Å². The molecular weight excluding hydrogens is 288 g/mol. The van der Waals surface area contributed by atoms with Crippen molar-refractivity contribution in [2.45, 2.75) is 25.7 Å². The molecule has 0 aromatic carbocycles. The van der Waals surface area contributed by atoms with Crippen LogP contribution < -0.4 is 10.6 Å². The summed E-state index contributed by atoms with van der Waals surface area (Å²) in [5, 5.41) is 4.51. The molecule has 0 unspecified atom stereocenters. The highest BCUT2D eigenvalue weighted by atomic mass is 32.2. The molecule has 1 aliphatic carbocycles. The third kappa shape index (κ3) is 7.95. The Kier molecular flexibility index (Phi) is 6.73. The van der Waals surface area contributed by atoms with E-state index in [0.29, 0.717) is 12.5 Å². The number of alkyl carbamates (subject to hydrolysis) is 1. The lowest BCUT2D eigenvalue weighted by molar-refractivity contribution is -0.120. The predicted molar refractivity (Wildman–Crippen MR) is 70.7 cm³/mol. The summed E-state index contributed by atoms with van der Waals surface area (Å²) in [5.74, 6) is -0.707. The SMILES string of the molecule is O=C(CNC(=O)OCC1CCCC1)NCCS(=O)(=O)O. The van der Waals surface area contributed by atoms with Crippen molar-refractivity contribution in [2.24, 2.45) is 5.92 Å². The lowest BCUT2D eigenvalue weighted by Gasteiger charge is -2.10. The summed E-state index contributed by atoms with van der Waals surface area (Å²) in [4.78, 5) is 22.5. The van der Waals surface area contributed by atoms with Crippen molar-refractivity contribution in [1.29, 1.82) is 0 Å². The van der Waals surface area contributed by atoms with Gasteiger partial charge in [0.05, 0.1) is 18.9 Å². The van der Waals surface area contributed by atoms with Crippen molar-refractivity contribution in [3.63, 3.8) is 0 Å². The summed E-state index contributed by atoms with van der Waals surface area (Å²) >= 11 is 0. The number of amides is 2. The van der Waals surface area contributed by atoms with Crippen LogP contribution >= 0.6 is 0 Å². The molecule has 0 heterocycles. The number of carbonyl (C=O) groups excluding carboxylic acids is 2. The lowest BCUT2D eigenvalue weighted by atomic mass is 10.1. The van der Waals surface area contributed by atoms with Crippen molar-refractivity contribution >= 4 is 22.1 Å². The van der Waals surface area contributed by atoms with E-state index in [-0.39, 0.29) is 13.1 Å². The van der Waals surface area contributed by atoms with Crippen LogP contribution in [0.15, 0.2) is 0 Å². The minimum atomic E-state index is -4.10. The largest absolute Gasteiger partial charge is 0.449 e. The monoisotopic (exact) mass is 308 g/mol. The van der Waals surface area contributed by atoms with E-state index in [0.717, 1.165) is 25.7 Å². The maximum atomic E-state index is 11.3. The van der Waals surface area contributed by atoms with E-state index in [1.807, 2.05) is 0 Å². The van der Waals surface area contributed by atoms with Crippen LogP contribution in [0.3, 0.4) is 0 Å². The van der Waals surface area contributed by atoms with E-state index >= 15 is 0 Å². The Morgan fingerprint density at radius 3 is 2.45 bits per heavy atom. The highest BCUT2D eigenvalue weighted by molar-refractivity contribution is 7.85. The molecule has 1 saturated carbocycles. The summed E-state index contributed by atoms with van der Waals surface area (Å²) < 4.78 is 34.2. The second kappa shape index (κ2) is 8.05. The second-order valence-electron chi connectivity index (χ2n) is 4.74. The van der Waals surface area contributed by atoms with Gasteiger partial charge in [0.25, 0.3) is 10.1 Å². The van der Waals surface area contributed by atoms with E-state index < -0.39 is 27.9 Å². The van der Waals surface area contributed by atoms with Gasteiger partial charge in [-0.1, -0.05) is 12.8 Å². The fourth-order valence-corrected chi connectivity index (χ4v) is 2.32. The van der Waals surface area contributed by atoms with Gasteiger partial charge in [-0.05, 0) is 18.8 Å². The molecule has 9 heteroatoms. The summed E-state index contributed by atoms with van der Waals surface area (Å²) in [6.07, 6.45) is 3.77. The summed E-state index contributed by atoms with van der Waals surface area (Å²) in [6, 6.07) is 0. The summed E-state index contributed by atoms with van der Waals surface area (Å²) in [5.41, 5.74) is 0. The van der Waals surface area contributed by atoms with Gasteiger partial charge < -0.3 is 15.4 Å². The van der Waals surface area contributed by atoms with Gasteiger partial charge in [0.1, 0.15) is 0 Å². The fraction of sp³-hybridized carbons (Fsp3) is 0.818. The minimum Gasteiger partial charge on any atom is -0.449 e. The summed E-state index contributed by atoms with van der Waals surface area (Å²) in [7, 11) is -4.10. The molecule has 0 atom stereocenters. The number of rotatable bonds is 7. The highest BCUT2D eigenvalue weighted by Gasteiger charge is 2.17. The molecule has 3 N–H and O–H groups in total. The third-order valence-electron chi connectivity index (χ3n) is 3.00. The zero-order chi connectivity index (χ0) is 15.0. The molecule has 0 aliphatic heterocycles. The Bertz CT molecular complexity index is 430. The van der Waals surface area contributed by atoms with Gasteiger partial charge in [0.2, 0.25) is 5.91 Å². The van der Waals surface area contributed by atoms with Crippen LogP contribution in [0.5, 0.6) is 0 Å². The molecule has 116 valence electrons. The van der Waals surface area contributed by atoms with Gasteiger partial charge in [-0.2, -0.15) is 8.42 Å². The van der Waals surface area contributed by atoms with Crippen LogP contribution in [-0.2, 0) is 19.6 Å². The van der Waals surface area contributed by atoms with Gasteiger partial charge in [-0.25, -0.2) is 4.79 Å². The van der Waals surface area contributed by atoms with Crippen LogP contribution in [0, 0.1) is 5.92 Å². The van der Waals surface area contributed by atoms with Crippen LogP contribution in [0.1, 0.15) is 25.7 Å². The van der Waals surface area contributed by atoms with Crippen LogP contribution in [0.2, 0.25) is 0 Å². The molecule has 1 aliphatic rings. The Hall–Kier alpha value is -1.35. The van der Waals surface area contributed by atoms with Gasteiger partial charge in [-0.3, -0.25) is 9.35 Å². The normalized spacial score (nSPS) is 15.8. The Labute approximate surface area is 118 Å². The molecule has 20 heavy (non-hydrogen) atoms. The average molecular weight is 308 g/mol. The number of hydrogen-bond donors (Lipinski definition) is 3. The quantitative estimate of drug-likeness (QED) is 0.565. The smallest absolute Gasteiger partial charge is 0.407 e. The predicted octanol–water partition coefficient (Wildman–Crippen LogP) is -0.0932. The first kappa shape index (κ1) is 16.7. The zero-order valence-electron chi connectivity index (χ0n) is 11.1. The second-order valence-corrected chi connectivity index (χ2v) is 6.31. The Morgan fingerprint density at radius 1 is 1.20 bits per heavy atom. The van der Waals surface area contributed by atoms with E-state index in [9.17, 15) is 18.0 Å². The van der Waals surface area contributed by atoms with Crippen LogP contribution in [0.4, 0.5) is 4.79 Å². The molecule has 0 saturated heterocycles. The molecule has 2 amide bonds. The molecule has 0 aromatic rings. The Morgan fingerprint density at radius 2 is 1.85 bits per heavy atom. The van der Waals surface area contributed by atoms with E-state index in [4.69, 9.17) is 9.29 Å². The first-order valence-electron chi connectivity index (χ1n) is 6.49. The van der Waals surface area contributed by atoms with Gasteiger partial charge in [0.15, 0.2) is 0 Å². The number of carbonyl (C=O) groups is 2. The first-order valence-corrected chi connectivity index (χ1v) is 8.10. The first-order chi connectivity index (χ1) is 9.37. The van der Waals surface area contributed by atoms with Crippen LogP contribution in [0.25, 0.3) is 0 Å². The summed E-state index contributed by atoms with van der Waals surface area (Å²) in [6.45, 7) is -0.151. The van der Waals surface area contributed by atoms with Gasteiger partial charge in [0, 0.05) is 6.54 Å². The van der Waals surface area contributed by atoms with Crippen LogP contribution in [-0.4, -0.2) is 50.4 Å². The van der Waals surface area contributed by atoms with Crippen molar-refractivity contribution in [3.8, 4) is 0 Å². The number of nitrogens with one attached hydrogen (secondary N) is 2. The Balaban J connectivity index is 2.06. The third-order valence-corrected chi connectivity index (χ3v) is 3.72. The number of ether oxygens (including phenoxy) is 1. The van der Waals surface area contributed by atoms with E-state index in [2.05, 4.69) is 10.6 Å². The fourth-order valence-electron chi connectivity index (χ4n) is 1.96. The van der Waals surface area contributed by atoms with E-state index in [1.165, 1.54) is 0 Å². The van der Waals surface area contributed by atoms with E-state index in [1.54, 1.807) is 0 Å². The highest BCUT2D eigenvalue weighted by Crippen LogP contribution is 2.24. The maximum absolute atomic E-state index is 11.3. The molecule has 0 radical (unpaired) electrons. The van der Waals surface area contributed by atoms with Crippen molar-refractivity contribution in [3.05, 3.63) is 0 Å². The van der Waals surface area contributed by atoms with Crippen molar-refractivity contribution < 1.29 is 27.3 Å². The number of hydrogen-bond acceptors (Lipinski definition) is 5. The molecule has 0 aromatic heterocycles. The van der Waals surface area contributed by atoms with Gasteiger partial charge in [-0.15, -0.1) is 0 Å². The topological polar surface area (TPSA) is 122 Å². The van der Waals surface area contributed by atoms with Crippen molar-refractivity contribution in [1.82, 2.24) is 10.6 Å². The molecule has 1 rings (SSSR count). The molecule has 1 fully saturated rings.